The Balaban J connectivity index is 2.23. The van der Waals surface area contributed by atoms with Gasteiger partial charge in [-0.3, -0.25) is 0 Å². The van der Waals surface area contributed by atoms with Crippen molar-refractivity contribution in [1.82, 2.24) is 5.32 Å². The third kappa shape index (κ3) is 3.18. The molecule has 1 aliphatic carbocycles. The van der Waals surface area contributed by atoms with Gasteiger partial charge in [-0.05, 0) is 45.2 Å². The summed E-state index contributed by atoms with van der Waals surface area (Å²) in [5.74, 6) is 0. The van der Waals surface area contributed by atoms with Crippen LogP contribution in [0.15, 0.2) is 18.2 Å². The van der Waals surface area contributed by atoms with Crippen LogP contribution in [0.25, 0.3) is 0 Å². The van der Waals surface area contributed by atoms with Crippen LogP contribution in [0.3, 0.4) is 0 Å². The molecule has 1 saturated carbocycles. The van der Waals surface area contributed by atoms with E-state index in [9.17, 15) is 0 Å². The van der Waals surface area contributed by atoms with Gasteiger partial charge in [-0.2, -0.15) is 0 Å². The second kappa shape index (κ2) is 5.94. The largest absolute Gasteiger partial charge is 0.368 e. The van der Waals surface area contributed by atoms with Gasteiger partial charge in [0.15, 0.2) is 0 Å². The smallest absolute Gasteiger partial charge is 0.0643 e. The summed E-state index contributed by atoms with van der Waals surface area (Å²) in [6, 6.07) is 7.41. The highest BCUT2D eigenvalue weighted by Crippen LogP contribution is 2.32. The number of benzene rings is 1. The molecule has 1 aromatic carbocycles. The van der Waals surface area contributed by atoms with Crippen LogP contribution < -0.4 is 10.2 Å². The first-order valence-corrected chi connectivity index (χ1v) is 7.28. The van der Waals surface area contributed by atoms with E-state index in [1.54, 1.807) is 0 Å². The van der Waals surface area contributed by atoms with Crippen LogP contribution in [0.1, 0.15) is 39.2 Å². The molecule has 100 valence electrons. The van der Waals surface area contributed by atoms with Crippen molar-refractivity contribution in [3.63, 3.8) is 0 Å². The molecule has 18 heavy (non-hydrogen) atoms. The predicted molar refractivity (Wildman–Crippen MR) is 79.5 cm³/mol. The highest BCUT2D eigenvalue weighted by atomic mass is 35.5. The average Bonchev–Trinajstić information content (AvgIpc) is 3.13. The Labute approximate surface area is 115 Å². The first-order chi connectivity index (χ1) is 8.63. The first kappa shape index (κ1) is 13.7. The van der Waals surface area contributed by atoms with E-state index < -0.39 is 0 Å². The summed E-state index contributed by atoms with van der Waals surface area (Å²) in [5, 5.41) is 4.43. The van der Waals surface area contributed by atoms with Crippen LogP contribution >= 0.6 is 11.6 Å². The third-order valence-electron chi connectivity index (χ3n) is 3.48. The van der Waals surface area contributed by atoms with Gasteiger partial charge in [-0.1, -0.05) is 23.7 Å². The Morgan fingerprint density at radius 3 is 2.67 bits per heavy atom. The lowest BCUT2D eigenvalue weighted by Crippen LogP contribution is -2.32. The lowest BCUT2D eigenvalue weighted by atomic mass is 10.1. The number of rotatable bonds is 6. The number of hydrogen-bond acceptors (Lipinski definition) is 2. The molecule has 1 aliphatic rings. The molecule has 0 heterocycles. The highest BCUT2D eigenvalue weighted by molar-refractivity contribution is 6.33. The van der Waals surface area contributed by atoms with Crippen molar-refractivity contribution in [1.29, 1.82) is 0 Å². The van der Waals surface area contributed by atoms with Crippen LogP contribution in [-0.2, 0) is 6.54 Å². The van der Waals surface area contributed by atoms with E-state index >= 15 is 0 Å². The maximum absolute atomic E-state index is 6.41. The number of hydrogen-bond donors (Lipinski definition) is 1. The average molecular weight is 267 g/mol. The Morgan fingerprint density at radius 1 is 1.39 bits per heavy atom. The van der Waals surface area contributed by atoms with Crippen molar-refractivity contribution in [2.24, 2.45) is 0 Å². The molecule has 2 rings (SSSR count). The molecule has 0 spiro atoms. The zero-order valence-corrected chi connectivity index (χ0v) is 12.3. The summed E-state index contributed by atoms with van der Waals surface area (Å²) in [6.45, 7) is 8.51. The van der Waals surface area contributed by atoms with Crippen LogP contribution in [0.2, 0.25) is 5.02 Å². The topological polar surface area (TPSA) is 15.3 Å². The highest BCUT2D eigenvalue weighted by Gasteiger charge is 2.22. The van der Waals surface area contributed by atoms with Gasteiger partial charge in [0, 0.05) is 25.2 Å². The van der Waals surface area contributed by atoms with Crippen molar-refractivity contribution < 1.29 is 0 Å². The quantitative estimate of drug-likeness (QED) is 0.842. The standard InChI is InChI=1S/C15H23ClN2/c1-4-18(11(2)3)15-12(6-5-7-14(15)16)10-17-13-8-9-13/h5-7,11,13,17H,4,8-10H2,1-3H3. The molecular weight excluding hydrogens is 244 g/mol. The van der Waals surface area contributed by atoms with Crippen molar-refractivity contribution in [3.05, 3.63) is 28.8 Å². The summed E-state index contributed by atoms with van der Waals surface area (Å²) in [5.41, 5.74) is 2.51. The first-order valence-electron chi connectivity index (χ1n) is 6.91. The van der Waals surface area contributed by atoms with E-state index in [1.165, 1.54) is 24.1 Å². The van der Waals surface area contributed by atoms with Crippen molar-refractivity contribution >= 4 is 17.3 Å². The fourth-order valence-electron chi connectivity index (χ4n) is 2.35. The molecule has 0 saturated heterocycles. The van der Waals surface area contributed by atoms with Crippen LogP contribution in [0, 0.1) is 0 Å². The summed E-state index contributed by atoms with van der Waals surface area (Å²) in [7, 11) is 0. The van der Waals surface area contributed by atoms with E-state index in [-0.39, 0.29) is 0 Å². The normalized spacial score (nSPS) is 15.2. The minimum Gasteiger partial charge on any atom is -0.368 e. The number of nitrogens with zero attached hydrogens (tertiary/aromatic N) is 1. The third-order valence-corrected chi connectivity index (χ3v) is 3.79. The Hall–Kier alpha value is -0.730. The summed E-state index contributed by atoms with van der Waals surface area (Å²) < 4.78 is 0. The summed E-state index contributed by atoms with van der Waals surface area (Å²) in [4.78, 5) is 2.37. The zero-order valence-electron chi connectivity index (χ0n) is 11.5. The van der Waals surface area contributed by atoms with Gasteiger partial charge in [0.05, 0.1) is 10.7 Å². The summed E-state index contributed by atoms with van der Waals surface area (Å²) in [6.07, 6.45) is 2.63. The van der Waals surface area contributed by atoms with E-state index in [1.807, 2.05) is 12.1 Å². The van der Waals surface area contributed by atoms with Crippen LogP contribution in [0.4, 0.5) is 5.69 Å². The molecule has 0 bridgehead atoms. The van der Waals surface area contributed by atoms with E-state index in [4.69, 9.17) is 11.6 Å². The maximum Gasteiger partial charge on any atom is 0.0643 e. The monoisotopic (exact) mass is 266 g/mol. The lowest BCUT2D eigenvalue weighted by molar-refractivity contribution is 0.668. The maximum atomic E-state index is 6.41. The van der Waals surface area contributed by atoms with Gasteiger partial charge in [0.2, 0.25) is 0 Å². The number of halogens is 1. The number of anilines is 1. The van der Waals surface area contributed by atoms with E-state index in [2.05, 4.69) is 37.1 Å². The van der Waals surface area contributed by atoms with Crippen molar-refractivity contribution in [3.8, 4) is 0 Å². The van der Waals surface area contributed by atoms with E-state index in [0.717, 1.165) is 24.2 Å². The Bertz CT molecular complexity index is 399. The van der Waals surface area contributed by atoms with Gasteiger partial charge >= 0.3 is 0 Å². The predicted octanol–water partition coefficient (Wildman–Crippen LogP) is 3.83. The van der Waals surface area contributed by atoms with E-state index in [0.29, 0.717) is 6.04 Å². The van der Waals surface area contributed by atoms with Gasteiger partial charge in [0.1, 0.15) is 0 Å². The fraction of sp³-hybridized carbons (Fsp3) is 0.600. The van der Waals surface area contributed by atoms with Gasteiger partial charge in [-0.25, -0.2) is 0 Å². The summed E-state index contributed by atoms with van der Waals surface area (Å²) >= 11 is 6.41. The minimum atomic E-state index is 0.467. The molecular formula is C15H23ClN2. The Morgan fingerprint density at radius 2 is 2.11 bits per heavy atom. The molecule has 1 fully saturated rings. The number of para-hydroxylation sites is 1. The number of nitrogens with one attached hydrogen (secondary N) is 1. The Kier molecular flexibility index (Phi) is 4.52. The van der Waals surface area contributed by atoms with Gasteiger partial charge in [-0.15, -0.1) is 0 Å². The molecule has 0 amide bonds. The molecule has 1 aromatic rings. The van der Waals surface area contributed by atoms with Gasteiger partial charge in [0.25, 0.3) is 0 Å². The molecule has 2 nitrogen and oxygen atoms in total. The minimum absolute atomic E-state index is 0.467. The zero-order chi connectivity index (χ0) is 13.1. The second-order valence-electron chi connectivity index (χ2n) is 5.28. The van der Waals surface area contributed by atoms with Crippen LogP contribution in [-0.4, -0.2) is 18.6 Å². The van der Waals surface area contributed by atoms with Crippen molar-refractivity contribution in [2.75, 3.05) is 11.4 Å². The molecule has 0 aliphatic heterocycles. The molecule has 0 unspecified atom stereocenters. The van der Waals surface area contributed by atoms with Gasteiger partial charge < -0.3 is 10.2 Å². The van der Waals surface area contributed by atoms with Crippen molar-refractivity contribution in [2.45, 2.75) is 52.2 Å². The molecule has 0 aromatic heterocycles. The fourth-order valence-corrected chi connectivity index (χ4v) is 2.65. The van der Waals surface area contributed by atoms with Crippen LogP contribution in [0.5, 0.6) is 0 Å². The molecule has 0 atom stereocenters. The molecule has 3 heteroatoms. The lowest BCUT2D eigenvalue weighted by Gasteiger charge is -2.30. The second-order valence-corrected chi connectivity index (χ2v) is 5.69. The molecule has 0 radical (unpaired) electrons. The molecule has 1 N–H and O–H groups in total. The SMILES string of the molecule is CCN(c1c(Cl)cccc1CNC1CC1)C(C)C.